The van der Waals surface area contributed by atoms with Gasteiger partial charge in [0.2, 0.25) is 21.8 Å². The molecular formula is C21H25Cl2N3O5S. The van der Waals surface area contributed by atoms with Gasteiger partial charge in [0.15, 0.2) is 0 Å². The number of likely N-dealkylation sites (N-methyl/N-ethyl adjacent to an activating group) is 1. The Balaban J connectivity index is 2.48. The first-order chi connectivity index (χ1) is 15.0. The number of anilines is 1. The highest BCUT2D eigenvalue weighted by atomic mass is 35.5. The maximum atomic E-state index is 13.4. The van der Waals surface area contributed by atoms with Crippen LogP contribution in [0, 0.1) is 0 Å². The lowest BCUT2D eigenvalue weighted by atomic mass is 10.1. The molecule has 0 fully saturated rings. The van der Waals surface area contributed by atoms with Gasteiger partial charge in [0, 0.05) is 29.2 Å². The van der Waals surface area contributed by atoms with E-state index in [2.05, 4.69) is 5.32 Å². The molecule has 0 saturated carbocycles. The minimum absolute atomic E-state index is 0.0878. The van der Waals surface area contributed by atoms with Gasteiger partial charge in [-0.25, -0.2) is 8.42 Å². The lowest BCUT2D eigenvalue weighted by molar-refractivity contribution is -0.139. The Morgan fingerprint density at radius 1 is 1.09 bits per heavy atom. The largest absolute Gasteiger partial charge is 0.495 e. The van der Waals surface area contributed by atoms with E-state index in [1.165, 1.54) is 32.0 Å². The smallest absolute Gasteiger partial charge is 0.244 e. The van der Waals surface area contributed by atoms with Gasteiger partial charge < -0.3 is 15.0 Å². The molecule has 1 unspecified atom stereocenters. The Kier molecular flexibility index (Phi) is 8.77. The number of sulfonamides is 1. The Morgan fingerprint density at radius 2 is 1.69 bits per heavy atom. The quantitative estimate of drug-likeness (QED) is 0.569. The highest BCUT2D eigenvalue weighted by Crippen LogP contribution is 2.30. The minimum atomic E-state index is -3.87. The number of methoxy groups -OCH3 is 1. The van der Waals surface area contributed by atoms with Crippen LogP contribution in [0.3, 0.4) is 0 Å². The molecule has 0 saturated heterocycles. The third-order valence-electron chi connectivity index (χ3n) is 4.84. The van der Waals surface area contributed by atoms with Crippen molar-refractivity contribution in [3.8, 4) is 5.75 Å². The predicted octanol–water partition coefficient (Wildman–Crippen LogP) is 2.93. The fourth-order valence-corrected chi connectivity index (χ4v) is 4.45. The molecule has 0 heterocycles. The summed E-state index contributed by atoms with van der Waals surface area (Å²) in [5, 5.41) is 3.14. The van der Waals surface area contributed by atoms with Gasteiger partial charge in [-0.3, -0.25) is 13.9 Å². The second-order valence-electron chi connectivity index (χ2n) is 6.95. The number of benzene rings is 2. The van der Waals surface area contributed by atoms with Gasteiger partial charge in [-0.15, -0.1) is 0 Å². The van der Waals surface area contributed by atoms with Gasteiger partial charge in [-0.1, -0.05) is 41.4 Å². The number of hydrogen-bond acceptors (Lipinski definition) is 5. The first-order valence-corrected chi connectivity index (χ1v) is 12.2. The zero-order chi connectivity index (χ0) is 24.1. The van der Waals surface area contributed by atoms with Crippen molar-refractivity contribution in [3.05, 3.63) is 58.1 Å². The number of amides is 2. The number of halogens is 2. The van der Waals surface area contributed by atoms with Gasteiger partial charge in [0.25, 0.3) is 0 Å². The molecule has 2 rings (SSSR count). The number of nitrogens with one attached hydrogen (secondary N) is 1. The molecule has 1 atom stereocenters. The summed E-state index contributed by atoms with van der Waals surface area (Å²) in [6.45, 7) is 0.896. The molecule has 0 aliphatic heterocycles. The molecular weight excluding hydrogens is 477 g/mol. The van der Waals surface area contributed by atoms with Crippen LogP contribution >= 0.6 is 23.2 Å². The normalized spacial score (nSPS) is 12.1. The minimum Gasteiger partial charge on any atom is -0.495 e. The van der Waals surface area contributed by atoms with E-state index >= 15 is 0 Å². The van der Waals surface area contributed by atoms with E-state index in [4.69, 9.17) is 27.9 Å². The SMILES string of the molecule is CNC(=O)C(C)N(Cc1c(Cl)cccc1Cl)C(=O)CN(c1ccccc1OC)S(C)(=O)=O. The first-order valence-electron chi connectivity index (χ1n) is 9.56. The molecule has 0 aliphatic carbocycles. The molecule has 32 heavy (non-hydrogen) atoms. The van der Waals surface area contributed by atoms with Crippen molar-refractivity contribution in [2.45, 2.75) is 19.5 Å². The zero-order valence-corrected chi connectivity index (χ0v) is 20.5. The van der Waals surface area contributed by atoms with Crippen molar-refractivity contribution in [1.82, 2.24) is 10.2 Å². The van der Waals surface area contributed by atoms with E-state index in [-0.39, 0.29) is 18.0 Å². The fraction of sp³-hybridized carbons (Fsp3) is 0.333. The van der Waals surface area contributed by atoms with Crippen LogP contribution in [0.15, 0.2) is 42.5 Å². The van der Waals surface area contributed by atoms with Crippen LogP contribution in [0.5, 0.6) is 5.75 Å². The molecule has 0 bridgehead atoms. The van der Waals surface area contributed by atoms with Gasteiger partial charge in [0.05, 0.1) is 19.1 Å². The lowest BCUT2D eigenvalue weighted by Gasteiger charge is -2.32. The number of para-hydroxylation sites is 2. The predicted molar refractivity (Wildman–Crippen MR) is 126 cm³/mol. The van der Waals surface area contributed by atoms with E-state index in [9.17, 15) is 18.0 Å². The van der Waals surface area contributed by atoms with Gasteiger partial charge in [0.1, 0.15) is 18.3 Å². The van der Waals surface area contributed by atoms with Gasteiger partial charge in [-0.05, 0) is 31.2 Å². The highest BCUT2D eigenvalue weighted by Gasteiger charge is 2.31. The summed E-state index contributed by atoms with van der Waals surface area (Å²) in [7, 11) is -1.02. The van der Waals surface area contributed by atoms with Crippen molar-refractivity contribution in [1.29, 1.82) is 0 Å². The second-order valence-corrected chi connectivity index (χ2v) is 9.67. The summed E-state index contributed by atoms with van der Waals surface area (Å²) >= 11 is 12.5. The van der Waals surface area contributed by atoms with Crippen molar-refractivity contribution in [2.75, 3.05) is 31.3 Å². The maximum absolute atomic E-state index is 13.4. The van der Waals surface area contributed by atoms with E-state index < -0.39 is 34.4 Å². The van der Waals surface area contributed by atoms with Crippen LogP contribution in [0.1, 0.15) is 12.5 Å². The topological polar surface area (TPSA) is 96.0 Å². The van der Waals surface area contributed by atoms with Crippen LogP contribution < -0.4 is 14.4 Å². The zero-order valence-electron chi connectivity index (χ0n) is 18.1. The van der Waals surface area contributed by atoms with Gasteiger partial charge in [-0.2, -0.15) is 0 Å². The summed E-state index contributed by atoms with van der Waals surface area (Å²) in [4.78, 5) is 27.0. The van der Waals surface area contributed by atoms with E-state index in [0.717, 1.165) is 10.6 Å². The molecule has 174 valence electrons. The van der Waals surface area contributed by atoms with Crippen molar-refractivity contribution >= 4 is 50.7 Å². The second kappa shape index (κ2) is 10.9. The molecule has 11 heteroatoms. The summed E-state index contributed by atoms with van der Waals surface area (Å²) in [5.41, 5.74) is 0.650. The first kappa shape index (κ1) is 25.8. The van der Waals surface area contributed by atoms with Crippen molar-refractivity contribution in [2.24, 2.45) is 0 Å². The molecule has 0 aromatic heterocycles. The molecule has 1 N–H and O–H groups in total. The van der Waals surface area contributed by atoms with E-state index in [1.54, 1.807) is 36.4 Å². The van der Waals surface area contributed by atoms with Crippen molar-refractivity contribution in [3.63, 3.8) is 0 Å². The summed E-state index contributed by atoms with van der Waals surface area (Å²) in [6.07, 6.45) is 0.990. The Hall–Kier alpha value is -2.49. The van der Waals surface area contributed by atoms with E-state index in [0.29, 0.717) is 15.6 Å². The number of ether oxygens (including phenoxy) is 1. The Morgan fingerprint density at radius 3 is 2.22 bits per heavy atom. The standard InChI is InChI=1S/C21H25Cl2N3O5S/c1-14(21(28)24-2)25(12-15-16(22)8-7-9-17(15)23)20(27)13-26(32(4,29)30)18-10-5-6-11-19(18)31-3/h5-11,14H,12-13H2,1-4H3,(H,24,28). The Bertz CT molecular complexity index is 1070. The van der Waals surface area contributed by atoms with Crippen LogP contribution in [0.2, 0.25) is 10.0 Å². The number of carbonyl (C=O) groups is 2. The Labute approximate surface area is 198 Å². The summed E-state index contributed by atoms with van der Waals surface area (Å²) in [6, 6.07) is 10.4. The molecule has 0 aliphatic rings. The number of rotatable bonds is 9. The molecule has 2 aromatic rings. The monoisotopic (exact) mass is 501 g/mol. The van der Waals surface area contributed by atoms with Crippen molar-refractivity contribution < 1.29 is 22.7 Å². The van der Waals surface area contributed by atoms with Gasteiger partial charge >= 0.3 is 0 Å². The maximum Gasteiger partial charge on any atom is 0.244 e. The summed E-state index contributed by atoms with van der Waals surface area (Å²) in [5.74, 6) is -0.760. The summed E-state index contributed by atoms with van der Waals surface area (Å²) < 4.78 is 31.3. The lowest BCUT2D eigenvalue weighted by Crippen LogP contribution is -2.50. The third kappa shape index (κ3) is 6.05. The van der Waals surface area contributed by atoms with Crippen LogP contribution in [0.25, 0.3) is 0 Å². The number of hydrogen-bond donors (Lipinski definition) is 1. The molecule has 0 radical (unpaired) electrons. The number of carbonyl (C=O) groups excluding carboxylic acids is 2. The third-order valence-corrected chi connectivity index (χ3v) is 6.67. The average molecular weight is 502 g/mol. The fourth-order valence-electron chi connectivity index (χ4n) is 3.08. The van der Waals surface area contributed by atoms with Crippen LogP contribution in [0.4, 0.5) is 5.69 Å². The molecule has 2 amide bonds. The number of nitrogens with zero attached hydrogens (tertiary/aromatic N) is 2. The van der Waals surface area contributed by atoms with Crippen LogP contribution in [-0.2, 0) is 26.2 Å². The average Bonchev–Trinajstić information content (AvgIpc) is 2.75. The molecule has 2 aromatic carbocycles. The highest BCUT2D eigenvalue weighted by molar-refractivity contribution is 7.92. The molecule has 0 spiro atoms. The van der Waals surface area contributed by atoms with E-state index in [1.807, 2.05) is 0 Å². The van der Waals surface area contributed by atoms with Crippen LogP contribution in [-0.4, -0.2) is 58.1 Å². The molecule has 8 nitrogen and oxygen atoms in total.